The monoisotopic (exact) mass is 554 g/mol. The summed E-state index contributed by atoms with van der Waals surface area (Å²) in [4.78, 5) is 22.1. The number of alkyl carbamates (subject to hydrolysis) is 1. The molecule has 1 amide bonds. The predicted octanol–water partition coefficient (Wildman–Crippen LogP) is 6.27. The maximum atomic E-state index is 11.9. The van der Waals surface area contributed by atoms with Crippen molar-refractivity contribution in [3.8, 4) is 21.9 Å². The molecule has 1 fully saturated rings. The Labute approximate surface area is 233 Å². The van der Waals surface area contributed by atoms with Crippen molar-refractivity contribution in [1.82, 2.24) is 15.3 Å². The molecule has 1 aromatic carbocycles. The molecule has 0 aliphatic heterocycles. The zero-order chi connectivity index (χ0) is 28.0. The van der Waals surface area contributed by atoms with Gasteiger partial charge >= 0.3 is 6.09 Å². The average molecular weight is 555 g/mol. The van der Waals surface area contributed by atoms with Crippen molar-refractivity contribution in [1.29, 1.82) is 0 Å². The number of aromatic nitrogens is 2. The Hall–Kier alpha value is -3.37. The average Bonchev–Trinajstić information content (AvgIpc) is 3.38. The number of hydrogen-bond donors (Lipinski definition) is 3. The van der Waals surface area contributed by atoms with Crippen molar-refractivity contribution in [2.45, 2.75) is 77.0 Å². The summed E-state index contributed by atoms with van der Waals surface area (Å²) in [5, 5.41) is 17.6. The van der Waals surface area contributed by atoms with Gasteiger partial charge in [0.15, 0.2) is 0 Å². The van der Waals surface area contributed by atoms with Gasteiger partial charge in [-0.1, -0.05) is 0 Å². The van der Waals surface area contributed by atoms with E-state index in [1.807, 2.05) is 50.4 Å². The standard InChI is InChI=1S/C29H38N4O5S/c1-18(2)38-28(34)33-20-8-6-19(7-9-20)27-31-16-25(39-27)23-12-10-21(14-24(23)37-17-29(3,4)35)32-26-13-11-22(36-5)15-30-26/h10-16,18-20,35H,6-9,17H2,1-5H3,(H,30,32)(H,33,34). The molecule has 0 bridgehead atoms. The van der Waals surface area contributed by atoms with Gasteiger partial charge in [-0.3, -0.25) is 0 Å². The van der Waals surface area contributed by atoms with Gasteiger partial charge in [0.25, 0.3) is 0 Å². The van der Waals surface area contributed by atoms with Crippen molar-refractivity contribution < 1.29 is 24.1 Å². The van der Waals surface area contributed by atoms with E-state index >= 15 is 0 Å². The van der Waals surface area contributed by atoms with E-state index in [-0.39, 0.29) is 24.8 Å². The van der Waals surface area contributed by atoms with Gasteiger partial charge in [0.05, 0.1) is 34.9 Å². The number of ether oxygens (including phenoxy) is 3. The van der Waals surface area contributed by atoms with Crippen molar-refractivity contribution >= 4 is 28.9 Å². The van der Waals surface area contributed by atoms with Gasteiger partial charge in [0.2, 0.25) is 0 Å². The lowest BCUT2D eigenvalue weighted by molar-refractivity contribution is 0.0287. The fraction of sp³-hybridized carbons (Fsp3) is 0.483. The molecular formula is C29H38N4O5S. The Morgan fingerprint density at radius 3 is 2.54 bits per heavy atom. The maximum absolute atomic E-state index is 11.9. The SMILES string of the molecule is COc1ccc(Nc2ccc(-c3cnc(C4CCC(NC(=O)OC(C)C)CC4)s3)c(OCC(C)(C)O)c2)nc1. The molecule has 0 saturated heterocycles. The van der Waals surface area contributed by atoms with E-state index in [0.29, 0.717) is 23.2 Å². The van der Waals surface area contributed by atoms with Crippen LogP contribution in [0.5, 0.6) is 11.5 Å². The van der Waals surface area contributed by atoms with Crippen LogP contribution in [-0.4, -0.2) is 52.6 Å². The van der Waals surface area contributed by atoms with Gasteiger partial charge in [-0.2, -0.15) is 0 Å². The summed E-state index contributed by atoms with van der Waals surface area (Å²) < 4.78 is 16.5. The lowest BCUT2D eigenvalue weighted by Crippen LogP contribution is -2.38. The number of hydrogen-bond acceptors (Lipinski definition) is 9. The second kappa shape index (κ2) is 12.7. The zero-order valence-corrected chi connectivity index (χ0v) is 24.0. The third-order valence-electron chi connectivity index (χ3n) is 6.34. The molecule has 3 N–H and O–H groups in total. The van der Waals surface area contributed by atoms with Gasteiger partial charge < -0.3 is 30.0 Å². The molecule has 2 heterocycles. The van der Waals surface area contributed by atoms with E-state index in [1.54, 1.807) is 38.5 Å². The summed E-state index contributed by atoms with van der Waals surface area (Å²) in [7, 11) is 1.61. The number of benzene rings is 1. The van der Waals surface area contributed by atoms with Gasteiger partial charge in [-0.15, -0.1) is 11.3 Å². The third kappa shape index (κ3) is 8.31. The van der Waals surface area contributed by atoms with Crippen molar-refractivity contribution in [2.75, 3.05) is 19.0 Å². The van der Waals surface area contributed by atoms with Crippen LogP contribution < -0.4 is 20.1 Å². The number of nitrogens with one attached hydrogen (secondary N) is 2. The number of amides is 1. The Balaban J connectivity index is 1.47. The first-order valence-corrected chi connectivity index (χ1v) is 14.1. The van der Waals surface area contributed by atoms with E-state index in [2.05, 4.69) is 15.6 Å². The van der Waals surface area contributed by atoms with Crippen LogP contribution in [0, 0.1) is 0 Å². The van der Waals surface area contributed by atoms with E-state index in [1.165, 1.54) is 0 Å². The zero-order valence-electron chi connectivity index (χ0n) is 23.2. The van der Waals surface area contributed by atoms with Crippen LogP contribution in [0.25, 0.3) is 10.4 Å². The van der Waals surface area contributed by atoms with E-state index < -0.39 is 5.60 Å². The van der Waals surface area contributed by atoms with Crippen LogP contribution in [0.15, 0.2) is 42.7 Å². The number of methoxy groups -OCH3 is 1. The minimum Gasteiger partial charge on any atom is -0.495 e. The second-order valence-corrected chi connectivity index (χ2v) is 11.8. The summed E-state index contributed by atoms with van der Waals surface area (Å²) in [5.74, 6) is 2.37. The molecule has 0 unspecified atom stereocenters. The predicted molar refractivity (Wildman–Crippen MR) is 153 cm³/mol. The number of anilines is 2. The molecule has 1 aliphatic rings. The van der Waals surface area contributed by atoms with E-state index in [9.17, 15) is 9.90 Å². The Morgan fingerprint density at radius 1 is 1.13 bits per heavy atom. The van der Waals surface area contributed by atoms with Gasteiger partial charge in [0.1, 0.15) is 23.9 Å². The molecule has 4 rings (SSSR count). The summed E-state index contributed by atoms with van der Waals surface area (Å²) >= 11 is 1.67. The van der Waals surface area contributed by atoms with Crippen molar-refractivity contribution in [3.63, 3.8) is 0 Å². The molecule has 1 aliphatic carbocycles. The highest BCUT2D eigenvalue weighted by molar-refractivity contribution is 7.15. The highest BCUT2D eigenvalue weighted by atomic mass is 32.1. The van der Waals surface area contributed by atoms with Gasteiger partial charge in [0, 0.05) is 35.5 Å². The van der Waals surface area contributed by atoms with Crippen LogP contribution in [0.3, 0.4) is 0 Å². The number of nitrogens with zero attached hydrogens (tertiary/aromatic N) is 2. The molecule has 1 saturated carbocycles. The van der Waals surface area contributed by atoms with Crippen LogP contribution in [0.1, 0.15) is 64.3 Å². The van der Waals surface area contributed by atoms with Gasteiger partial charge in [-0.25, -0.2) is 14.8 Å². The first-order valence-electron chi connectivity index (χ1n) is 13.3. The summed E-state index contributed by atoms with van der Waals surface area (Å²) in [6.45, 7) is 7.27. The first-order chi connectivity index (χ1) is 18.6. The number of pyridine rings is 1. The highest BCUT2D eigenvalue weighted by Crippen LogP contribution is 2.41. The smallest absolute Gasteiger partial charge is 0.407 e. The number of aliphatic hydroxyl groups is 1. The fourth-order valence-electron chi connectivity index (χ4n) is 4.40. The van der Waals surface area contributed by atoms with Crippen LogP contribution in [0.2, 0.25) is 0 Å². The molecule has 2 aromatic heterocycles. The quantitative estimate of drug-likeness (QED) is 0.269. The number of rotatable bonds is 10. The molecular weight excluding hydrogens is 516 g/mol. The number of carbonyl (C=O) groups excluding carboxylic acids is 1. The lowest BCUT2D eigenvalue weighted by Gasteiger charge is -2.28. The minimum atomic E-state index is -0.981. The molecule has 10 heteroatoms. The van der Waals surface area contributed by atoms with Crippen LogP contribution in [-0.2, 0) is 4.74 Å². The van der Waals surface area contributed by atoms with Crippen molar-refractivity contribution in [3.05, 3.63) is 47.7 Å². The maximum Gasteiger partial charge on any atom is 0.407 e. The fourth-order valence-corrected chi connectivity index (χ4v) is 5.52. The van der Waals surface area contributed by atoms with E-state index in [0.717, 1.165) is 46.8 Å². The summed E-state index contributed by atoms with van der Waals surface area (Å²) in [6, 6.07) is 9.72. The lowest BCUT2D eigenvalue weighted by atomic mass is 9.86. The molecule has 0 radical (unpaired) electrons. The molecule has 3 aromatic rings. The normalized spacial score (nSPS) is 17.5. The van der Waals surface area contributed by atoms with Gasteiger partial charge in [-0.05, 0) is 77.6 Å². The molecule has 210 valence electrons. The third-order valence-corrected chi connectivity index (χ3v) is 7.53. The molecule has 0 spiro atoms. The van der Waals surface area contributed by atoms with Crippen molar-refractivity contribution in [2.24, 2.45) is 0 Å². The Morgan fingerprint density at radius 2 is 1.90 bits per heavy atom. The van der Waals surface area contributed by atoms with Crippen LogP contribution >= 0.6 is 11.3 Å². The second-order valence-electron chi connectivity index (χ2n) is 10.7. The minimum absolute atomic E-state index is 0.128. The topological polar surface area (TPSA) is 115 Å². The molecule has 9 nitrogen and oxygen atoms in total. The molecule has 39 heavy (non-hydrogen) atoms. The summed E-state index contributed by atoms with van der Waals surface area (Å²) in [5.41, 5.74) is 0.752. The highest BCUT2D eigenvalue weighted by Gasteiger charge is 2.26. The number of carbonyl (C=O) groups is 1. The molecule has 0 atom stereocenters. The Bertz CT molecular complexity index is 1230. The Kier molecular flexibility index (Phi) is 9.29. The van der Waals surface area contributed by atoms with E-state index in [4.69, 9.17) is 19.2 Å². The largest absolute Gasteiger partial charge is 0.495 e. The first kappa shape index (κ1) is 28.6. The number of thiazole rings is 1. The summed E-state index contributed by atoms with van der Waals surface area (Å²) in [6.07, 6.45) is 6.79. The van der Waals surface area contributed by atoms with Crippen LogP contribution in [0.4, 0.5) is 16.3 Å².